The summed E-state index contributed by atoms with van der Waals surface area (Å²) < 4.78 is 83.5. The molecular formula is C20H13Cl2F6NO3. The number of amides is 2. The van der Waals surface area contributed by atoms with Crippen molar-refractivity contribution >= 4 is 35.2 Å². The molecule has 0 saturated carbocycles. The molecule has 2 amide bonds. The molecular weight excluding hydrogens is 487 g/mol. The van der Waals surface area contributed by atoms with Crippen LogP contribution >= 0.6 is 23.2 Å². The quantitative estimate of drug-likeness (QED) is 0.450. The second-order valence-corrected chi connectivity index (χ2v) is 8.14. The summed E-state index contributed by atoms with van der Waals surface area (Å²) in [6, 6.07) is 5.30. The lowest BCUT2D eigenvalue weighted by atomic mass is 9.95. The summed E-state index contributed by atoms with van der Waals surface area (Å²) in [5, 5.41) is 0.437. The fourth-order valence-electron chi connectivity index (χ4n) is 3.24. The summed E-state index contributed by atoms with van der Waals surface area (Å²) in [4.78, 5) is 25.6. The minimum atomic E-state index is -5.06. The van der Waals surface area contributed by atoms with Gasteiger partial charge in [-0.25, -0.2) is 9.69 Å². The van der Waals surface area contributed by atoms with Crippen LogP contribution in [-0.2, 0) is 34.8 Å². The molecule has 1 aliphatic heterocycles. The second-order valence-electron chi connectivity index (χ2n) is 7.33. The summed E-state index contributed by atoms with van der Waals surface area (Å²) in [5.41, 5.74) is -4.90. The Kier molecular flexibility index (Phi) is 6.16. The third kappa shape index (κ3) is 4.96. The van der Waals surface area contributed by atoms with Crippen LogP contribution in [0.3, 0.4) is 0 Å². The molecule has 1 aliphatic rings. The lowest BCUT2D eigenvalue weighted by molar-refractivity contribution is -0.143. The molecule has 0 bridgehead atoms. The zero-order chi connectivity index (χ0) is 24.1. The molecule has 3 rings (SSSR count). The first kappa shape index (κ1) is 24.2. The van der Waals surface area contributed by atoms with Gasteiger partial charge in [-0.2, -0.15) is 26.3 Å². The van der Waals surface area contributed by atoms with E-state index >= 15 is 0 Å². The third-order valence-corrected chi connectivity index (χ3v) is 5.48. The van der Waals surface area contributed by atoms with Gasteiger partial charge in [0.2, 0.25) is 0 Å². The lowest BCUT2D eigenvalue weighted by Gasteiger charge is -2.20. The van der Waals surface area contributed by atoms with Crippen molar-refractivity contribution in [2.24, 2.45) is 0 Å². The van der Waals surface area contributed by atoms with E-state index in [-0.39, 0.29) is 22.5 Å². The second kappa shape index (κ2) is 8.15. The van der Waals surface area contributed by atoms with E-state index in [1.165, 1.54) is 25.1 Å². The molecule has 172 valence electrons. The summed E-state index contributed by atoms with van der Waals surface area (Å²) in [6.07, 6.45) is -11.5. The van der Waals surface area contributed by atoms with Gasteiger partial charge in [-0.1, -0.05) is 29.3 Å². The minimum Gasteiger partial charge on any atom is -0.432 e. The maximum absolute atomic E-state index is 13.1. The number of alkyl halides is 6. The average molecular weight is 500 g/mol. The number of hydrogen-bond donors (Lipinski definition) is 0. The van der Waals surface area contributed by atoms with Gasteiger partial charge in [0.05, 0.1) is 27.7 Å². The van der Waals surface area contributed by atoms with Gasteiger partial charge in [-0.3, -0.25) is 4.79 Å². The van der Waals surface area contributed by atoms with Gasteiger partial charge >= 0.3 is 18.4 Å². The minimum absolute atomic E-state index is 0.0397. The van der Waals surface area contributed by atoms with E-state index < -0.39 is 53.2 Å². The Hall–Kier alpha value is -2.46. The fraction of sp³-hybridized carbons (Fsp3) is 0.300. The van der Waals surface area contributed by atoms with Gasteiger partial charge in [0.25, 0.3) is 5.91 Å². The highest BCUT2D eigenvalue weighted by molar-refractivity contribution is 6.42. The standard InChI is InChI=1S/C20H13Cl2F6NO3/c1-18(8-10-2-3-14(21)15(22)6-10)16(30)29(17(31)32-18)9-11-4-12(19(23,24)25)7-13(5-11)20(26,27)28/h2-7H,8-9H2,1H3. The Labute approximate surface area is 187 Å². The largest absolute Gasteiger partial charge is 0.432 e. The SMILES string of the molecule is CC1(Cc2ccc(Cl)c(Cl)c2)OC(=O)N(Cc2cc(C(F)(F)F)cc(C(F)(F)F)c2)C1=O. The Bertz CT molecular complexity index is 1050. The van der Waals surface area contributed by atoms with E-state index in [0.717, 1.165) is 0 Å². The van der Waals surface area contributed by atoms with Gasteiger partial charge in [-0.05, 0) is 48.4 Å². The summed E-state index contributed by atoms with van der Waals surface area (Å²) in [5.74, 6) is -0.917. The number of hydrogen-bond acceptors (Lipinski definition) is 3. The third-order valence-electron chi connectivity index (χ3n) is 4.74. The number of carbonyl (C=O) groups excluding carboxylic acids is 2. The van der Waals surface area contributed by atoms with Gasteiger partial charge in [0.1, 0.15) is 0 Å². The molecule has 1 atom stereocenters. The van der Waals surface area contributed by atoms with Crippen LogP contribution in [0.25, 0.3) is 0 Å². The molecule has 4 nitrogen and oxygen atoms in total. The predicted molar refractivity (Wildman–Crippen MR) is 102 cm³/mol. The highest BCUT2D eigenvalue weighted by Gasteiger charge is 2.50. The van der Waals surface area contributed by atoms with E-state index in [2.05, 4.69) is 0 Å². The number of nitrogens with zero attached hydrogens (tertiary/aromatic N) is 1. The van der Waals surface area contributed by atoms with E-state index in [4.69, 9.17) is 27.9 Å². The number of benzene rings is 2. The monoisotopic (exact) mass is 499 g/mol. The first-order chi connectivity index (χ1) is 14.6. The molecule has 1 heterocycles. The number of rotatable bonds is 4. The summed E-state index contributed by atoms with van der Waals surface area (Å²) in [7, 11) is 0. The molecule has 1 saturated heterocycles. The van der Waals surface area contributed by atoms with Gasteiger partial charge in [0, 0.05) is 6.42 Å². The van der Waals surface area contributed by atoms with Gasteiger partial charge in [0.15, 0.2) is 5.60 Å². The van der Waals surface area contributed by atoms with Crippen LogP contribution in [-0.4, -0.2) is 22.5 Å². The fourth-order valence-corrected chi connectivity index (χ4v) is 3.56. The molecule has 0 aliphatic carbocycles. The van der Waals surface area contributed by atoms with Crippen molar-refractivity contribution in [3.63, 3.8) is 0 Å². The molecule has 2 aromatic rings. The van der Waals surface area contributed by atoms with Gasteiger partial charge < -0.3 is 4.74 Å². The predicted octanol–water partition coefficient (Wildman–Crippen LogP) is 6.51. The topological polar surface area (TPSA) is 46.6 Å². The molecule has 12 heteroatoms. The lowest BCUT2D eigenvalue weighted by Crippen LogP contribution is -2.40. The maximum Gasteiger partial charge on any atom is 0.418 e. The molecule has 2 aromatic carbocycles. The number of cyclic esters (lactones) is 1. The first-order valence-electron chi connectivity index (χ1n) is 8.87. The average Bonchev–Trinajstić information content (AvgIpc) is 2.86. The van der Waals surface area contributed by atoms with Crippen LogP contribution in [0.5, 0.6) is 0 Å². The normalized spacial score (nSPS) is 19.5. The molecule has 0 spiro atoms. The van der Waals surface area contributed by atoms with Crippen LogP contribution in [0, 0.1) is 0 Å². The van der Waals surface area contributed by atoms with Crippen LogP contribution in [0.2, 0.25) is 10.0 Å². The summed E-state index contributed by atoms with van der Waals surface area (Å²) in [6.45, 7) is 0.449. The summed E-state index contributed by atoms with van der Waals surface area (Å²) >= 11 is 11.8. The number of halogens is 8. The highest BCUT2D eigenvalue weighted by Crippen LogP contribution is 2.37. The highest BCUT2D eigenvalue weighted by atomic mass is 35.5. The Balaban J connectivity index is 1.90. The molecule has 1 unspecified atom stereocenters. The molecule has 0 radical (unpaired) electrons. The van der Waals surface area contributed by atoms with Crippen molar-refractivity contribution in [2.75, 3.05) is 0 Å². The van der Waals surface area contributed by atoms with Crippen molar-refractivity contribution in [2.45, 2.75) is 37.8 Å². The maximum atomic E-state index is 13.1. The first-order valence-corrected chi connectivity index (χ1v) is 9.63. The smallest absolute Gasteiger partial charge is 0.418 e. The van der Waals surface area contributed by atoms with Crippen LogP contribution in [0.4, 0.5) is 31.1 Å². The zero-order valence-corrected chi connectivity index (χ0v) is 17.6. The molecule has 32 heavy (non-hydrogen) atoms. The molecule has 0 N–H and O–H groups in total. The number of imide groups is 1. The van der Waals surface area contributed by atoms with Crippen molar-refractivity contribution in [3.8, 4) is 0 Å². The van der Waals surface area contributed by atoms with E-state index in [1.807, 2.05) is 0 Å². The molecule has 0 aromatic heterocycles. The molecule has 1 fully saturated rings. The van der Waals surface area contributed by atoms with E-state index in [9.17, 15) is 35.9 Å². The van der Waals surface area contributed by atoms with Crippen molar-refractivity contribution in [1.82, 2.24) is 4.90 Å². The van der Waals surface area contributed by atoms with Crippen molar-refractivity contribution < 1.29 is 40.7 Å². The zero-order valence-electron chi connectivity index (χ0n) is 16.1. The van der Waals surface area contributed by atoms with Crippen molar-refractivity contribution in [3.05, 3.63) is 68.7 Å². The Morgan fingerprint density at radius 2 is 1.44 bits per heavy atom. The van der Waals surface area contributed by atoms with E-state index in [0.29, 0.717) is 22.6 Å². The van der Waals surface area contributed by atoms with Crippen LogP contribution in [0.15, 0.2) is 36.4 Å². The van der Waals surface area contributed by atoms with Gasteiger partial charge in [-0.15, -0.1) is 0 Å². The number of carbonyl (C=O) groups is 2. The van der Waals surface area contributed by atoms with E-state index in [1.54, 1.807) is 0 Å². The van der Waals surface area contributed by atoms with Crippen LogP contribution < -0.4 is 0 Å². The Morgan fingerprint density at radius 1 is 0.875 bits per heavy atom. The van der Waals surface area contributed by atoms with Crippen molar-refractivity contribution in [1.29, 1.82) is 0 Å². The number of ether oxygens (including phenoxy) is 1. The Morgan fingerprint density at radius 3 is 1.94 bits per heavy atom. The van der Waals surface area contributed by atoms with Crippen LogP contribution in [0.1, 0.15) is 29.2 Å².